The van der Waals surface area contributed by atoms with E-state index >= 15 is 0 Å². The van der Waals surface area contributed by atoms with Crippen molar-refractivity contribution in [2.45, 2.75) is 32.1 Å². The molecule has 0 bridgehead atoms. The second-order valence-corrected chi connectivity index (χ2v) is 5.21. The molecule has 3 rings (SSSR count). The molecule has 3 heteroatoms. The van der Waals surface area contributed by atoms with Crippen LogP contribution in [0.3, 0.4) is 0 Å². The first-order valence-electron chi connectivity index (χ1n) is 7.03. The number of carbonyl (C=O) groups is 1. The van der Waals surface area contributed by atoms with E-state index in [0.29, 0.717) is 11.5 Å². The van der Waals surface area contributed by atoms with Crippen molar-refractivity contribution in [3.8, 4) is 11.1 Å². The molecule has 1 fully saturated rings. The van der Waals surface area contributed by atoms with Gasteiger partial charge in [-0.1, -0.05) is 37.3 Å². The molecule has 0 unspecified atom stereocenters. The second-order valence-electron chi connectivity index (χ2n) is 5.21. The van der Waals surface area contributed by atoms with E-state index in [9.17, 15) is 9.90 Å². The van der Waals surface area contributed by atoms with Crippen LogP contribution in [0.2, 0.25) is 0 Å². The first-order chi connectivity index (χ1) is 9.70. The van der Waals surface area contributed by atoms with Gasteiger partial charge < -0.3 is 5.11 Å². The number of pyridine rings is 1. The number of aryl methyl sites for hydroxylation is 1. The minimum atomic E-state index is -0.876. The molecule has 1 aromatic heterocycles. The molecule has 0 aliphatic heterocycles. The van der Waals surface area contributed by atoms with Gasteiger partial charge in [-0.2, -0.15) is 0 Å². The van der Waals surface area contributed by atoms with Gasteiger partial charge in [0.15, 0.2) is 0 Å². The maximum Gasteiger partial charge on any atom is 0.337 e. The molecule has 1 saturated carbocycles. The summed E-state index contributed by atoms with van der Waals surface area (Å²) in [6.07, 6.45) is 2.92. The lowest BCUT2D eigenvalue weighted by molar-refractivity contribution is 0.0695. The van der Waals surface area contributed by atoms with Gasteiger partial charge in [-0.25, -0.2) is 4.79 Å². The third kappa shape index (κ3) is 2.31. The van der Waals surface area contributed by atoms with Crippen LogP contribution in [0.15, 0.2) is 36.4 Å². The van der Waals surface area contributed by atoms with Crippen molar-refractivity contribution >= 4 is 5.97 Å². The highest BCUT2D eigenvalue weighted by molar-refractivity contribution is 5.91. The fourth-order valence-corrected chi connectivity index (χ4v) is 2.54. The van der Waals surface area contributed by atoms with Crippen LogP contribution < -0.4 is 0 Å². The van der Waals surface area contributed by atoms with Crippen LogP contribution in [0, 0.1) is 0 Å². The fourth-order valence-electron chi connectivity index (χ4n) is 2.54. The highest BCUT2D eigenvalue weighted by atomic mass is 16.4. The van der Waals surface area contributed by atoms with E-state index in [2.05, 4.69) is 11.9 Å². The molecule has 2 aromatic rings. The third-order valence-electron chi connectivity index (χ3n) is 3.75. The zero-order chi connectivity index (χ0) is 14.1. The molecular formula is C17H17NO2. The van der Waals surface area contributed by atoms with Crippen LogP contribution >= 0.6 is 0 Å². The number of carboxylic acids is 1. The van der Waals surface area contributed by atoms with Crippen molar-refractivity contribution < 1.29 is 9.90 Å². The minimum Gasteiger partial charge on any atom is -0.478 e. The van der Waals surface area contributed by atoms with Crippen LogP contribution in [0.5, 0.6) is 0 Å². The van der Waals surface area contributed by atoms with Crippen molar-refractivity contribution in [3.05, 3.63) is 53.3 Å². The molecule has 1 N–H and O–H groups in total. The van der Waals surface area contributed by atoms with Gasteiger partial charge in [-0.05, 0) is 30.9 Å². The molecule has 20 heavy (non-hydrogen) atoms. The summed E-state index contributed by atoms with van der Waals surface area (Å²) in [7, 11) is 0. The number of rotatable bonds is 4. The Kier molecular flexibility index (Phi) is 3.26. The SMILES string of the molecule is CCc1nc(C2CC2)c(C(=O)O)cc1-c1ccccc1. The Morgan fingerprint density at radius 1 is 1.30 bits per heavy atom. The lowest BCUT2D eigenvalue weighted by Gasteiger charge is -2.12. The summed E-state index contributed by atoms with van der Waals surface area (Å²) in [5, 5.41) is 9.44. The second kappa shape index (κ2) is 5.08. The van der Waals surface area contributed by atoms with Gasteiger partial charge in [0.1, 0.15) is 0 Å². The maximum atomic E-state index is 11.5. The van der Waals surface area contributed by atoms with Gasteiger partial charge in [-0.3, -0.25) is 4.98 Å². The van der Waals surface area contributed by atoms with Crippen LogP contribution in [0.1, 0.15) is 47.4 Å². The number of benzene rings is 1. The number of aromatic nitrogens is 1. The quantitative estimate of drug-likeness (QED) is 0.914. The summed E-state index contributed by atoms with van der Waals surface area (Å²) >= 11 is 0. The first-order valence-corrected chi connectivity index (χ1v) is 7.03. The number of carboxylic acid groups (broad SMARTS) is 1. The zero-order valence-corrected chi connectivity index (χ0v) is 11.5. The largest absolute Gasteiger partial charge is 0.478 e. The molecule has 3 nitrogen and oxygen atoms in total. The molecule has 0 atom stereocenters. The summed E-state index contributed by atoms with van der Waals surface area (Å²) in [5.41, 5.74) is 4.09. The Balaban J connectivity index is 2.18. The first kappa shape index (κ1) is 12.9. The summed E-state index contributed by atoms with van der Waals surface area (Å²) in [6, 6.07) is 11.7. The van der Waals surface area contributed by atoms with Gasteiger partial charge in [0, 0.05) is 17.2 Å². The minimum absolute atomic E-state index is 0.344. The van der Waals surface area contributed by atoms with Crippen molar-refractivity contribution in [3.63, 3.8) is 0 Å². The zero-order valence-electron chi connectivity index (χ0n) is 11.5. The third-order valence-corrected chi connectivity index (χ3v) is 3.75. The average molecular weight is 267 g/mol. The predicted molar refractivity (Wildman–Crippen MR) is 78.0 cm³/mol. The Labute approximate surface area is 118 Å². The van der Waals surface area contributed by atoms with Crippen molar-refractivity contribution in [2.24, 2.45) is 0 Å². The lowest BCUT2D eigenvalue weighted by Crippen LogP contribution is -2.07. The summed E-state index contributed by atoms with van der Waals surface area (Å²) in [4.78, 5) is 16.2. The monoisotopic (exact) mass is 267 g/mol. The average Bonchev–Trinajstić information content (AvgIpc) is 3.31. The van der Waals surface area contributed by atoms with E-state index in [1.165, 1.54) is 0 Å². The topological polar surface area (TPSA) is 50.2 Å². The Morgan fingerprint density at radius 3 is 2.55 bits per heavy atom. The van der Waals surface area contributed by atoms with Crippen molar-refractivity contribution in [1.82, 2.24) is 4.98 Å². The number of aromatic carboxylic acids is 1. The van der Waals surface area contributed by atoms with E-state index in [0.717, 1.165) is 41.8 Å². The van der Waals surface area contributed by atoms with Gasteiger partial charge in [0.05, 0.1) is 11.3 Å². The van der Waals surface area contributed by atoms with Gasteiger partial charge in [0.2, 0.25) is 0 Å². The van der Waals surface area contributed by atoms with E-state index in [1.54, 1.807) is 6.07 Å². The Hall–Kier alpha value is -2.16. The van der Waals surface area contributed by atoms with E-state index in [-0.39, 0.29) is 0 Å². The Bertz CT molecular complexity index is 646. The van der Waals surface area contributed by atoms with Crippen molar-refractivity contribution in [1.29, 1.82) is 0 Å². The van der Waals surface area contributed by atoms with Crippen LogP contribution in [-0.4, -0.2) is 16.1 Å². The normalized spacial score (nSPS) is 14.2. The number of hydrogen-bond acceptors (Lipinski definition) is 2. The van der Waals surface area contributed by atoms with E-state index < -0.39 is 5.97 Å². The highest BCUT2D eigenvalue weighted by Crippen LogP contribution is 2.42. The van der Waals surface area contributed by atoms with Crippen LogP contribution in [-0.2, 0) is 6.42 Å². The maximum absolute atomic E-state index is 11.5. The molecule has 1 aromatic carbocycles. The molecule has 0 radical (unpaired) electrons. The standard InChI is InChI=1S/C17H17NO2/c1-2-15-13(11-6-4-3-5-7-11)10-14(17(19)20)16(18-15)12-8-9-12/h3-7,10,12H,2,8-9H2,1H3,(H,19,20). The molecular weight excluding hydrogens is 250 g/mol. The predicted octanol–water partition coefficient (Wildman–Crippen LogP) is 3.89. The van der Waals surface area contributed by atoms with Crippen molar-refractivity contribution in [2.75, 3.05) is 0 Å². The van der Waals surface area contributed by atoms with Gasteiger partial charge in [-0.15, -0.1) is 0 Å². The van der Waals surface area contributed by atoms with Gasteiger partial charge >= 0.3 is 5.97 Å². The van der Waals surface area contributed by atoms with Crippen LogP contribution in [0.25, 0.3) is 11.1 Å². The lowest BCUT2D eigenvalue weighted by atomic mass is 9.98. The molecule has 1 aliphatic carbocycles. The van der Waals surface area contributed by atoms with Gasteiger partial charge in [0.25, 0.3) is 0 Å². The van der Waals surface area contributed by atoms with Crippen LogP contribution in [0.4, 0.5) is 0 Å². The van der Waals surface area contributed by atoms with E-state index in [4.69, 9.17) is 0 Å². The number of hydrogen-bond donors (Lipinski definition) is 1. The molecule has 102 valence electrons. The molecule has 0 spiro atoms. The Morgan fingerprint density at radius 2 is 2.00 bits per heavy atom. The summed E-state index contributed by atoms with van der Waals surface area (Å²) in [5.74, 6) is -0.532. The molecule has 0 saturated heterocycles. The van der Waals surface area contributed by atoms with E-state index in [1.807, 2.05) is 30.3 Å². The molecule has 1 heterocycles. The smallest absolute Gasteiger partial charge is 0.337 e. The highest BCUT2D eigenvalue weighted by Gasteiger charge is 2.30. The summed E-state index contributed by atoms with van der Waals surface area (Å²) < 4.78 is 0. The fraction of sp³-hybridized carbons (Fsp3) is 0.294. The summed E-state index contributed by atoms with van der Waals surface area (Å²) in [6.45, 7) is 2.06. The molecule has 1 aliphatic rings. The molecule has 0 amide bonds. The number of nitrogens with zero attached hydrogens (tertiary/aromatic N) is 1.